The molecule has 1 aliphatic rings. The summed E-state index contributed by atoms with van der Waals surface area (Å²) in [6.45, 7) is 4.06. The van der Waals surface area contributed by atoms with Gasteiger partial charge in [-0.15, -0.1) is 0 Å². The van der Waals surface area contributed by atoms with Crippen LogP contribution in [0, 0.1) is 5.92 Å². The number of carbonyl (C=O) groups is 1. The minimum atomic E-state index is -4.42. The summed E-state index contributed by atoms with van der Waals surface area (Å²) >= 11 is 0. The Bertz CT molecular complexity index is 565. The molecule has 3 nitrogen and oxygen atoms in total. The maximum Gasteiger partial charge on any atom is 0.416 e. The Morgan fingerprint density at radius 1 is 1.35 bits per heavy atom. The molecule has 0 radical (unpaired) electrons. The number of halogens is 3. The highest BCUT2D eigenvalue weighted by Gasteiger charge is 2.51. The van der Waals surface area contributed by atoms with Gasteiger partial charge in [-0.2, -0.15) is 13.2 Å². The molecule has 1 unspecified atom stereocenters. The topological polar surface area (TPSA) is 49.3 Å². The van der Waals surface area contributed by atoms with Crippen molar-refractivity contribution in [2.24, 2.45) is 5.92 Å². The molecule has 1 atom stereocenters. The van der Waals surface area contributed by atoms with E-state index in [2.05, 4.69) is 5.32 Å². The maximum atomic E-state index is 12.8. The molecular formula is C17H22F3NO2. The van der Waals surface area contributed by atoms with E-state index in [1.54, 1.807) is 6.07 Å². The van der Waals surface area contributed by atoms with Crippen molar-refractivity contribution in [3.63, 3.8) is 0 Å². The van der Waals surface area contributed by atoms with Gasteiger partial charge in [0, 0.05) is 6.54 Å². The van der Waals surface area contributed by atoms with Crippen molar-refractivity contribution in [1.82, 2.24) is 5.32 Å². The van der Waals surface area contributed by atoms with E-state index in [0.717, 1.165) is 12.1 Å². The molecule has 6 heteroatoms. The summed E-state index contributed by atoms with van der Waals surface area (Å²) in [5, 5.41) is 12.5. The number of rotatable bonds is 6. The van der Waals surface area contributed by atoms with E-state index in [9.17, 15) is 23.1 Å². The van der Waals surface area contributed by atoms with E-state index in [0.29, 0.717) is 30.7 Å². The first kappa shape index (κ1) is 17.8. The average Bonchev–Trinajstić information content (AvgIpc) is 3.25. The van der Waals surface area contributed by atoms with Crippen molar-refractivity contribution in [3.8, 4) is 0 Å². The molecule has 1 aromatic carbocycles. The zero-order valence-corrected chi connectivity index (χ0v) is 13.3. The molecule has 128 valence electrons. The van der Waals surface area contributed by atoms with Crippen molar-refractivity contribution in [2.45, 2.75) is 50.8 Å². The van der Waals surface area contributed by atoms with Crippen LogP contribution in [0.15, 0.2) is 24.3 Å². The predicted molar refractivity (Wildman–Crippen MR) is 80.8 cm³/mol. The van der Waals surface area contributed by atoms with Crippen molar-refractivity contribution >= 4 is 5.91 Å². The first-order valence-corrected chi connectivity index (χ1v) is 7.79. The summed E-state index contributed by atoms with van der Waals surface area (Å²) in [5.41, 5.74) is -1.23. The molecule has 0 aliphatic heterocycles. The molecule has 2 rings (SSSR count). The summed E-state index contributed by atoms with van der Waals surface area (Å²) in [6.07, 6.45) is -3.44. The van der Waals surface area contributed by atoms with Gasteiger partial charge in [-0.05, 0) is 36.8 Å². The number of nitrogens with one attached hydrogen (secondary N) is 1. The summed E-state index contributed by atoms with van der Waals surface area (Å²) in [7, 11) is 0. The molecule has 0 aromatic heterocycles. The van der Waals surface area contributed by atoms with E-state index in [1.165, 1.54) is 6.07 Å². The lowest BCUT2D eigenvalue weighted by molar-refractivity contribution is -0.137. The minimum Gasteiger partial charge on any atom is -0.391 e. The van der Waals surface area contributed by atoms with Gasteiger partial charge < -0.3 is 10.4 Å². The first-order valence-electron chi connectivity index (χ1n) is 7.79. The highest BCUT2D eigenvalue weighted by Crippen LogP contribution is 2.49. The fraction of sp³-hybridized carbons (Fsp3) is 0.588. The second-order valence-corrected chi connectivity index (χ2v) is 6.65. The number of hydrogen-bond acceptors (Lipinski definition) is 2. The third-order valence-corrected chi connectivity index (χ3v) is 4.17. The number of amides is 1. The van der Waals surface area contributed by atoms with Crippen molar-refractivity contribution in [1.29, 1.82) is 0 Å². The monoisotopic (exact) mass is 329 g/mol. The van der Waals surface area contributed by atoms with Gasteiger partial charge in [0.25, 0.3) is 0 Å². The Morgan fingerprint density at radius 3 is 2.52 bits per heavy atom. The number of hydrogen-bond donors (Lipinski definition) is 2. The highest BCUT2D eigenvalue weighted by atomic mass is 19.4. The Balaban J connectivity index is 2.06. The Labute approximate surface area is 133 Å². The van der Waals surface area contributed by atoms with Crippen LogP contribution in [0.3, 0.4) is 0 Å². The van der Waals surface area contributed by atoms with Crippen molar-refractivity contribution < 1.29 is 23.1 Å². The van der Waals surface area contributed by atoms with Crippen LogP contribution < -0.4 is 5.32 Å². The standard InChI is InChI=1S/C17H22F3NO2/c1-11(2)8-14(22)10-21-15(23)16(6-7-16)12-4-3-5-13(9-12)17(18,19)20/h3-5,9,11,14,22H,6-8,10H2,1-2H3,(H,21,23). The summed E-state index contributed by atoms with van der Waals surface area (Å²) < 4.78 is 38.5. The third-order valence-electron chi connectivity index (χ3n) is 4.17. The SMILES string of the molecule is CC(C)CC(O)CNC(=O)C1(c2cccc(C(F)(F)F)c2)CC1. The number of aliphatic hydroxyl groups excluding tert-OH is 1. The number of benzene rings is 1. The lowest BCUT2D eigenvalue weighted by Gasteiger charge is -2.19. The maximum absolute atomic E-state index is 12.8. The molecule has 1 aliphatic carbocycles. The lowest BCUT2D eigenvalue weighted by atomic mass is 9.93. The Morgan fingerprint density at radius 2 is 2.00 bits per heavy atom. The quantitative estimate of drug-likeness (QED) is 0.842. The van der Waals surface area contributed by atoms with Gasteiger partial charge in [0.15, 0.2) is 0 Å². The van der Waals surface area contributed by atoms with Crippen LogP contribution in [0.4, 0.5) is 13.2 Å². The molecule has 2 N–H and O–H groups in total. The molecule has 0 bridgehead atoms. The van der Waals surface area contributed by atoms with E-state index >= 15 is 0 Å². The van der Waals surface area contributed by atoms with Crippen LogP contribution in [0.5, 0.6) is 0 Å². The van der Waals surface area contributed by atoms with Gasteiger partial charge in [0.2, 0.25) is 5.91 Å². The summed E-state index contributed by atoms with van der Waals surface area (Å²) in [5.74, 6) is -0.000106. The van der Waals surface area contributed by atoms with E-state index in [-0.39, 0.29) is 12.5 Å². The van der Waals surface area contributed by atoms with Crippen LogP contribution in [0.2, 0.25) is 0 Å². The number of alkyl halides is 3. The van der Waals surface area contributed by atoms with E-state index in [1.807, 2.05) is 13.8 Å². The summed E-state index contributed by atoms with van der Waals surface area (Å²) in [6, 6.07) is 4.95. The van der Waals surface area contributed by atoms with Crippen molar-refractivity contribution in [3.05, 3.63) is 35.4 Å². The van der Waals surface area contributed by atoms with Crippen LogP contribution in [0.25, 0.3) is 0 Å². The van der Waals surface area contributed by atoms with Gasteiger partial charge in [0.1, 0.15) is 0 Å². The van der Waals surface area contributed by atoms with Gasteiger partial charge in [-0.1, -0.05) is 32.0 Å². The normalized spacial score (nSPS) is 17.9. The van der Waals surface area contributed by atoms with Gasteiger partial charge in [0.05, 0.1) is 17.1 Å². The van der Waals surface area contributed by atoms with E-state index in [4.69, 9.17) is 0 Å². The largest absolute Gasteiger partial charge is 0.416 e. The van der Waals surface area contributed by atoms with Crippen LogP contribution in [-0.2, 0) is 16.4 Å². The van der Waals surface area contributed by atoms with Crippen LogP contribution in [0.1, 0.15) is 44.2 Å². The van der Waals surface area contributed by atoms with Crippen LogP contribution in [-0.4, -0.2) is 23.7 Å². The van der Waals surface area contributed by atoms with Gasteiger partial charge >= 0.3 is 6.18 Å². The average molecular weight is 329 g/mol. The Hall–Kier alpha value is -1.56. The Kier molecular flexibility index (Phi) is 5.04. The fourth-order valence-corrected chi connectivity index (χ4v) is 2.77. The summed E-state index contributed by atoms with van der Waals surface area (Å²) in [4.78, 5) is 12.4. The number of carbonyl (C=O) groups excluding carboxylic acids is 1. The molecule has 1 saturated carbocycles. The minimum absolute atomic E-state index is 0.123. The molecule has 1 fully saturated rings. The lowest BCUT2D eigenvalue weighted by Crippen LogP contribution is -2.39. The molecule has 0 saturated heterocycles. The second-order valence-electron chi connectivity index (χ2n) is 6.65. The second kappa shape index (κ2) is 6.51. The van der Waals surface area contributed by atoms with Crippen molar-refractivity contribution in [2.75, 3.05) is 6.54 Å². The first-order chi connectivity index (χ1) is 10.6. The van der Waals surface area contributed by atoms with Gasteiger partial charge in [-0.25, -0.2) is 0 Å². The molecule has 23 heavy (non-hydrogen) atoms. The molecule has 1 aromatic rings. The van der Waals surface area contributed by atoms with Gasteiger partial charge in [-0.3, -0.25) is 4.79 Å². The van der Waals surface area contributed by atoms with Crippen LogP contribution >= 0.6 is 0 Å². The molecule has 0 spiro atoms. The van der Waals surface area contributed by atoms with E-state index < -0.39 is 23.3 Å². The predicted octanol–water partition coefficient (Wildman–Crippen LogP) is 3.26. The zero-order valence-electron chi connectivity index (χ0n) is 13.3. The molecule has 0 heterocycles. The molecule has 1 amide bonds. The zero-order chi connectivity index (χ0) is 17.3. The fourth-order valence-electron chi connectivity index (χ4n) is 2.77. The highest BCUT2D eigenvalue weighted by molar-refractivity contribution is 5.91. The number of aliphatic hydroxyl groups is 1. The third kappa shape index (κ3) is 4.25. The smallest absolute Gasteiger partial charge is 0.391 e. The molecular weight excluding hydrogens is 307 g/mol.